The lowest BCUT2D eigenvalue weighted by molar-refractivity contribution is -0.121. The average molecular weight is 271 g/mol. The van der Waals surface area contributed by atoms with E-state index in [-0.39, 0.29) is 30.5 Å². The molecule has 0 bridgehead atoms. The summed E-state index contributed by atoms with van der Waals surface area (Å²) in [6.07, 6.45) is 0. The summed E-state index contributed by atoms with van der Waals surface area (Å²) in [7, 11) is 0. The number of imidazole rings is 1. The lowest BCUT2D eigenvalue weighted by Gasteiger charge is -2.04. The van der Waals surface area contributed by atoms with E-state index in [1.54, 1.807) is 12.1 Å². The Morgan fingerprint density at radius 2 is 2.11 bits per heavy atom. The molecule has 0 aliphatic heterocycles. The van der Waals surface area contributed by atoms with Crippen LogP contribution in [0.4, 0.5) is 0 Å². The first-order valence-corrected chi connectivity index (χ1v) is 5.36. The van der Waals surface area contributed by atoms with Crippen molar-refractivity contribution in [3.05, 3.63) is 34.7 Å². The molecule has 4 N–H and O–H groups in total. The predicted molar refractivity (Wildman–Crippen MR) is 71.9 cm³/mol. The van der Waals surface area contributed by atoms with Gasteiger partial charge in [-0.1, -0.05) is 12.1 Å². The van der Waals surface area contributed by atoms with Crippen molar-refractivity contribution in [1.82, 2.24) is 14.9 Å². The molecule has 0 atom stereocenters. The van der Waals surface area contributed by atoms with Crippen LogP contribution in [0.5, 0.6) is 0 Å². The van der Waals surface area contributed by atoms with Crippen molar-refractivity contribution in [2.75, 3.05) is 13.1 Å². The van der Waals surface area contributed by atoms with Crippen LogP contribution in [0.15, 0.2) is 29.1 Å². The summed E-state index contributed by atoms with van der Waals surface area (Å²) < 4.78 is 1.40. The largest absolute Gasteiger partial charge is 0.353 e. The zero-order chi connectivity index (χ0) is 12.3. The molecule has 0 spiro atoms. The maximum Gasteiger partial charge on any atom is 0.326 e. The van der Waals surface area contributed by atoms with Gasteiger partial charge >= 0.3 is 5.69 Å². The number of nitrogens with one attached hydrogen (secondary N) is 2. The first kappa shape index (κ1) is 14.3. The van der Waals surface area contributed by atoms with Crippen molar-refractivity contribution in [2.24, 2.45) is 5.73 Å². The Labute approximate surface area is 110 Å². The molecule has 7 heteroatoms. The second-order valence-electron chi connectivity index (χ2n) is 3.67. The summed E-state index contributed by atoms with van der Waals surface area (Å²) >= 11 is 0. The predicted octanol–water partition coefficient (Wildman–Crippen LogP) is -0.174. The topological polar surface area (TPSA) is 92.9 Å². The minimum absolute atomic E-state index is 0. The number of nitrogens with two attached hydrogens (primary N) is 1. The Balaban J connectivity index is 0.00000162. The zero-order valence-corrected chi connectivity index (χ0v) is 10.5. The molecule has 0 unspecified atom stereocenters. The molecule has 0 radical (unpaired) electrons. The molecule has 18 heavy (non-hydrogen) atoms. The fourth-order valence-corrected chi connectivity index (χ4v) is 1.67. The van der Waals surface area contributed by atoms with E-state index >= 15 is 0 Å². The maximum absolute atomic E-state index is 11.7. The highest BCUT2D eigenvalue weighted by Crippen LogP contribution is 2.08. The van der Waals surface area contributed by atoms with Crippen LogP contribution in [0.1, 0.15) is 0 Å². The van der Waals surface area contributed by atoms with Gasteiger partial charge in [0.05, 0.1) is 11.0 Å². The van der Waals surface area contributed by atoms with Gasteiger partial charge in [-0.05, 0) is 12.1 Å². The second-order valence-corrected chi connectivity index (χ2v) is 3.67. The highest BCUT2D eigenvalue weighted by atomic mass is 35.5. The van der Waals surface area contributed by atoms with Gasteiger partial charge in [-0.25, -0.2) is 4.79 Å². The number of halogens is 1. The Bertz CT molecular complexity index is 590. The number of aromatic nitrogens is 2. The van der Waals surface area contributed by atoms with Crippen LogP contribution in [0.2, 0.25) is 0 Å². The van der Waals surface area contributed by atoms with E-state index in [1.807, 2.05) is 12.1 Å². The SMILES string of the molecule is Cl.NCCNC(=O)Cn1c(=O)[nH]c2ccccc21. The van der Waals surface area contributed by atoms with Crippen molar-refractivity contribution in [3.8, 4) is 0 Å². The molecule has 0 aliphatic carbocycles. The summed E-state index contributed by atoms with van der Waals surface area (Å²) in [6, 6.07) is 7.25. The number of nitrogens with zero attached hydrogens (tertiary/aromatic N) is 1. The van der Waals surface area contributed by atoms with Gasteiger partial charge in [-0.15, -0.1) is 12.4 Å². The molecule has 1 amide bonds. The average Bonchev–Trinajstić information content (AvgIpc) is 2.64. The van der Waals surface area contributed by atoms with Crippen molar-refractivity contribution < 1.29 is 4.79 Å². The molecule has 98 valence electrons. The van der Waals surface area contributed by atoms with E-state index in [4.69, 9.17) is 5.73 Å². The number of hydrogen-bond acceptors (Lipinski definition) is 3. The van der Waals surface area contributed by atoms with Crippen LogP contribution in [-0.4, -0.2) is 28.5 Å². The quantitative estimate of drug-likeness (QED) is 0.720. The molecule has 0 saturated carbocycles. The number of amides is 1. The van der Waals surface area contributed by atoms with Gasteiger partial charge in [0.1, 0.15) is 6.54 Å². The summed E-state index contributed by atoms with van der Waals surface area (Å²) in [5.74, 6) is -0.220. The van der Waals surface area contributed by atoms with E-state index in [1.165, 1.54) is 4.57 Å². The van der Waals surface area contributed by atoms with Gasteiger partial charge in [0, 0.05) is 13.1 Å². The second kappa shape index (κ2) is 6.23. The van der Waals surface area contributed by atoms with Crippen LogP contribution in [-0.2, 0) is 11.3 Å². The van der Waals surface area contributed by atoms with E-state index < -0.39 is 0 Å². The van der Waals surface area contributed by atoms with Crippen molar-refractivity contribution in [1.29, 1.82) is 0 Å². The summed E-state index contributed by atoms with van der Waals surface area (Å²) in [5, 5.41) is 2.62. The molecule has 1 heterocycles. The van der Waals surface area contributed by atoms with Crippen LogP contribution in [0, 0.1) is 0 Å². The van der Waals surface area contributed by atoms with Crippen molar-refractivity contribution in [3.63, 3.8) is 0 Å². The molecule has 0 saturated heterocycles. The normalized spacial score (nSPS) is 10.1. The van der Waals surface area contributed by atoms with E-state index in [2.05, 4.69) is 10.3 Å². The van der Waals surface area contributed by atoms with Gasteiger partial charge in [0.25, 0.3) is 0 Å². The molecule has 0 fully saturated rings. The van der Waals surface area contributed by atoms with Crippen LogP contribution < -0.4 is 16.7 Å². The number of aromatic amines is 1. The van der Waals surface area contributed by atoms with E-state index in [0.29, 0.717) is 13.1 Å². The smallest absolute Gasteiger partial charge is 0.326 e. The molecular weight excluding hydrogens is 256 g/mol. The number of carbonyl (C=O) groups excluding carboxylic acids is 1. The van der Waals surface area contributed by atoms with Crippen molar-refractivity contribution in [2.45, 2.75) is 6.54 Å². The third kappa shape index (κ3) is 2.91. The molecule has 0 aliphatic rings. The molecule has 1 aromatic carbocycles. The summed E-state index contributed by atoms with van der Waals surface area (Å²) in [4.78, 5) is 25.9. The van der Waals surface area contributed by atoms with E-state index in [0.717, 1.165) is 11.0 Å². The van der Waals surface area contributed by atoms with Gasteiger partial charge in [0.15, 0.2) is 0 Å². The minimum atomic E-state index is -0.283. The van der Waals surface area contributed by atoms with Gasteiger partial charge in [-0.3, -0.25) is 9.36 Å². The number of rotatable bonds is 4. The fraction of sp³-hybridized carbons (Fsp3) is 0.273. The van der Waals surface area contributed by atoms with Crippen molar-refractivity contribution >= 4 is 29.3 Å². The van der Waals surface area contributed by atoms with Crippen LogP contribution in [0.3, 0.4) is 0 Å². The monoisotopic (exact) mass is 270 g/mol. The van der Waals surface area contributed by atoms with Gasteiger partial charge in [-0.2, -0.15) is 0 Å². The van der Waals surface area contributed by atoms with Gasteiger partial charge < -0.3 is 16.0 Å². The molecule has 6 nitrogen and oxygen atoms in total. The van der Waals surface area contributed by atoms with Crippen LogP contribution >= 0.6 is 12.4 Å². The highest BCUT2D eigenvalue weighted by molar-refractivity contribution is 5.85. The Morgan fingerprint density at radius 3 is 2.83 bits per heavy atom. The number of hydrogen-bond donors (Lipinski definition) is 3. The number of fused-ring (bicyclic) bond motifs is 1. The fourth-order valence-electron chi connectivity index (χ4n) is 1.67. The first-order chi connectivity index (χ1) is 8.22. The molecule has 2 rings (SSSR count). The third-order valence-corrected chi connectivity index (χ3v) is 2.45. The minimum Gasteiger partial charge on any atom is -0.353 e. The lowest BCUT2D eigenvalue weighted by Crippen LogP contribution is -2.34. The Kier molecular flexibility index (Phi) is 4.94. The van der Waals surface area contributed by atoms with Crippen LogP contribution in [0.25, 0.3) is 11.0 Å². The number of carbonyl (C=O) groups is 1. The standard InChI is InChI=1S/C11H14N4O2.ClH/c12-5-6-13-10(16)7-15-9-4-2-1-3-8(9)14-11(15)17;/h1-4H,5-7,12H2,(H,13,16)(H,14,17);1H. The number of para-hydroxylation sites is 2. The first-order valence-electron chi connectivity index (χ1n) is 5.36. The Morgan fingerprint density at radius 1 is 1.39 bits per heavy atom. The van der Waals surface area contributed by atoms with Gasteiger partial charge in [0.2, 0.25) is 5.91 Å². The Hall–Kier alpha value is -1.79. The zero-order valence-electron chi connectivity index (χ0n) is 9.68. The number of H-pyrrole nitrogens is 1. The molecule has 2 aromatic rings. The number of benzene rings is 1. The van der Waals surface area contributed by atoms with E-state index in [9.17, 15) is 9.59 Å². The lowest BCUT2D eigenvalue weighted by atomic mass is 10.3. The maximum atomic E-state index is 11.7. The summed E-state index contributed by atoms with van der Waals surface area (Å²) in [6.45, 7) is 0.799. The molecular formula is C11H15ClN4O2. The third-order valence-electron chi connectivity index (χ3n) is 2.45. The molecule has 1 aromatic heterocycles. The summed E-state index contributed by atoms with van der Waals surface area (Å²) in [5.41, 5.74) is 6.45. The highest BCUT2D eigenvalue weighted by Gasteiger charge is 2.09.